The zero-order valence-corrected chi connectivity index (χ0v) is 15.3. The topological polar surface area (TPSA) is 73.7 Å². The molecule has 1 saturated carbocycles. The molecule has 3 N–H and O–H groups in total. The van der Waals surface area contributed by atoms with Crippen molar-refractivity contribution in [2.24, 2.45) is 0 Å². The highest BCUT2D eigenvalue weighted by atomic mass is 15.0. The summed E-state index contributed by atoms with van der Waals surface area (Å²) in [6.45, 7) is 0. The third-order valence-electron chi connectivity index (χ3n) is 4.79. The van der Waals surface area contributed by atoms with Crippen molar-refractivity contribution in [1.82, 2.24) is 9.97 Å². The number of pyridine rings is 2. The first-order valence-corrected chi connectivity index (χ1v) is 9.39. The molecule has 0 atom stereocenters. The molecule has 1 aliphatic carbocycles. The molecule has 0 saturated heterocycles. The van der Waals surface area contributed by atoms with Crippen molar-refractivity contribution < 1.29 is 0 Å². The van der Waals surface area contributed by atoms with E-state index in [4.69, 9.17) is 5.41 Å². The molecule has 0 spiro atoms. The van der Waals surface area contributed by atoms with E-state index in [0.29, 0.717) is 11.8 Å². The summed E-state index contributed by atoms with van der Waals surface area (Å²) in [6, 6.07) is 8.10. The van der Waals surface area contributed by atoms with Gasteiger partial charge in [-0.05, 0) is 43.2 Å². The zero-order valence-electron chi connectivity index (χ0n) is 15.3. The molecule has 0 aliphatic heterocycles. The first-order chi connectivity index (χ1) is 12.8. The summed E-state index contributed by atoms with van der Waals surface area (Å²) in [5.74, 6) is 0.791. The van der Waals surface area contributed by atoms with Gasteiger partial charge in [-0.1, -0.05) is 31.7 Å². The maximum Gasteiger partial charge on any atom is 0.137 e. The first kappa shape index (κ1) is 18.1. The van der Waals surface area contributed by atoms with Crippen LogP contribution in [0.1, 0.15) is 49.8 Å². The Bertz CT molecular complexity index is 746. The van der Waals surface area contributed by atoms with Gasteiger partial charge >= 0.3 is 0 Å². The number of nitrogens with zero attached hydrogens (tertiary/aromatic N) is 2. The van der Waals surface area contributed by atoms with Crippen LogP contribution in [0, 0.1) is 5.41 Å². The van der Waals surface area contributed by atoms with Crippen LogP contribution in [-0.4, -0.2) is 28.8 Å². The molecule has 0 aromatic carbocycles. The monoisotopic (exact) mass is 349 g/mol. The second-order valence-corrected chi connectivity index (χ2v) is 6.67. The second-order valence-electron chi connectivity index (χ2n) is 6.67. The molecule has 1 aliphatic rings. The minimum Gasteiger partial charge on any atom is -0.387 e. The SMILES string of the molecule is CNc1ccnc(NC2CCCCCC2)c1C(=N)/C=C/c1ccccn1. The lowest BCUT2D eigenvalue weighted by Crippen LogP contribution is -2.21. The summed E-state index contributed by atoms with van der Waals surface area (Å²) in [7, 11) is 1.88. The molecule has 5 heteroatoms. The Morgan fingerprint density at radius 3 is 2.58 bits per heavy atom. The molecular formula is C21H27N5. The summed E-state index contributed by atoms with van der Waals surface area (Å²) < 4.78 is 0. The molecule has 3 rings (SSSR count). The van der Waals surface area contributed by atoms with Crippen molar-refractivity contribution in [2.45, 2.75) is 44.6 Å². The molecule has 2 aromatic rings. The lowest BCUT2D eigenvalue weighted by molar-refractivity contribution is 0.617. The Hall–Kier alpha value is -2.69. The first-order valence-electron chi connectivity index (χ1n) is 9.39. The van der Waals surface area contributed by atoms with E-state index in [0.717, 1.165) is 22.8 Å². The summed E-state index contributed by atoms with van der Waals surface area (Å²) in [5, 5.41) is 15.4. The molecule has 2 heterocycles. The Morgan fingerprint density at radius 1 is 1.08 bits per heavy atom. The van der Waals surface area contributed by atoms with Crippen molar-refractivity contribution in [3.63, 3.8) is 0 Å². The molecule has 0 bridgehead atoms. The molecule has 0 radical (unpaired) electrons. The van der Waals surface area contributed by atoms with Crippen LogP contribution in [0.3, 0.4) is 0 Å². The van der Waals surface area contributed by atoms with Gasteiger partial charge in [-0.2, -0.15) is 0 Å². The van der Waals surface area contributed by atoms with Crippen LogP contribution in [0.25, 0.3) is 6.08 Å². The van der Waals surface area contributed by atoms with Crippen LogP contribution in [-0.2, 0) is 0 Å². The third-order valence-corrected chi connectivity index (χ3v) is 4.79. The van der Waals surface area contributed by atoms with Gasteiger partial charge in [0.2, 0.25) is 0 Å². The van der Waals surface area contributed by atoms with Gasteiger partial charge in [-0.25, -0.2) is 4.98 Å². The standard InChI is InChI=1S/C21H27N5/c1-23-19-13-15-25-21(26-17-9-4-2-3-5-10-17)20(19)18(22)12-11-16-8-6-7-14-24-16/h6-8,11-15,17,22H,2-5,9-10H2,1H3,(H2,23,25,26)/b12-11+,22-18?. The molecule has 26 heavy (non-hydrogen) atoms. The molecule has 0 unspecified atom stereocenters. The summed E-state index contributed by atoms with van der Waals surface area (Å²) in [4.78, 5) is 8.83. The van der Waals surface area contributed by atoms with Gasteiger partial charge in [0, 0.05) is 31.2 Å². The van der Waals surface area contributed by atoms with Crippen molar-refractivity contribution in [2.75, 3.05) is 17.7 Å². The number of anilines is 2. The quantitative estimate of drug-likeness (QED) is 0.520. The Morgan fingerprint density at radius 2 is 1.88 bits per heavy atom. The average Bonchev–Trinajstić information content (AvgIpc) is 2.95. The number of hydrogen-bond acceptors (Lipinski definition) is 5. The van der Waals surface area contributed by atoms with E-state index in [1.54, 1.807) is 18.5 Å². The number of aromatic nitrogens is 2. The van der Waals surface area contributed by atoms with E-state index < -0.39 is 0 Å². The Kier molecular flexibility index (Phi) is 6.36. The van der Waals surface area contributed by atoms with Crippen molar-refractivity contribution >= 4 is 23.3 Å². The van der Waals surface area contributed by atoms with Gasteiger partial charge in [0.25, 0.3) is 0 Å². The van der Waals surface area contributed by atoms with E-state index in [1.807, 2.05) is 37.4 Å². The maximum absolute atomic E-state index is 8.59. The van der Waals surface area contributed by atoms with Gasteiger partial charge in [-0.15, -0.1) is 0 Å². The highest BCUT2D eigenvalue weighted by Crippen LogP contribution is 2.27. The molecule has 0 amide bonds. The number of rotatable bonds is 6. The zero-order chi connectivity index (χ0) is 18.2. The number of nitrogens with one attached hydrogen (secondary N) is 3. The van der Waals surface area contributed by atoms with Crippen LogP contribution < -0.4 is 10.6 Å². The van der Waals surface area contributed by atoms with Gasteiger partial charge in [0.15, 0.2) is 0 Å². The van der Waals surface area contributed by atoms with Gasteiger partial charge in [0.05, 0.1) is 17.0 Å². The Labute approximate surface area is 155 Å². The fourth-order valence-electron chi connectivity index (χ4n) is 3.40. The lowest BCUT2D eigenvalue weighted by atomic mass is 10.1. The van der Waals surface area contributed by atoms with E-state index in [-0.39, 0.29) is 0 Å². The third kappa shape index (κ3) is 4.69. The number of hydrogen-bond donors (Lipinski definition) is 3. The van der Waals surface area contributed by atoms with E-state index in [1.165, 1.54) is 38.5 Å². The fourth-order valence-corrected chi connectivity index (χ4v) is 3.40. The normalized spacial score (nSPS) is 15.6. The molecular weight excluding hydrogens is 322 g/mol. The van der Waals surface area contributed by atoms with E-state index in [9.17, 15) is 0 Å². The van der Waals surface area contributed by atoms with Crippen molar-refractivity contribution in [3.05, 3.63) is 54.0 Å². The highest BCUT2D eigenvalue weighted by Gasteiger charge is 2.17. The van der Waals surface area contributed by atoms with E-state index in [2.05, 4.69) is 20.6 Å². The molecule has 1 fully saturated rings. The summed E-state index contributed by atoms with van der Waals surface area (Å²) in [6.07, 6.45) is 14.7. The minimum atomic E-state index is 0.421. The number of allylic oxidation sites excluding steroid dienone is 1. The van der Waals surface area contributed by atoms with Crippen LogP contribution in [0.2, 0.25) is 0 Å². The second kappa shape index (κ2) is 9.13. The average molecular weight is 349 g/mol. The maximum atomic E-state index is 8.59. The fraction of sp³-hybridized carbons (Fsp3) is 0.381. The summed E-state index contributed by atoms with van der Waals surface area (Å²) >= 11 is 0. The highest BCUT2D eigenvalue weighted by molar-refractivity contribution is 6.15. The molecule has 5 nitrogen and oxygen atoms in total. The lowest BCUT2D eigenvalue weighted by Gasteiger charge is -2.20. The smallest absolute Gasteiger partial charge is 0.137 e. The van der Waals surface area contributed by atoms with Gasteiger partial charge in [-0.3, -0.25) is 4.98 Å². The van der Waals surface area contributed by atoms with Gasteiger partial charge in [0.1, 0.15) is 5.82 Å². The predicted molar refractivity (Wildman–Crippen MR) is 109 cm³/mol. The van der Waals surface area contributed by atoms with Gasteiger partial charge < -0.3 is 16.0 Å². The van der Waals surface area contributed by atoms with Crippen LogP contribution >= 0.6 is 0 Å². The summed E-state index contributed by atoms with van der Waals surface area (Å²) in [5.41, 5.74) is 2.98. The molecule has 136 valence electrons. The predicted octanol–water partition coefficient (Wildman–Crippen LogP) is 4.73. The Balaban J connectivity index is 1.84. The van der Waals surface area contributed by atoms with Crippen molar-refractivity contribution in [1.29, 1.82) is 5.41 Å². The van der Waals surface area contributed by atoms with Crippen LogP contribution in [0.4, 0.5) is 11.5 Å². The van der Waals surface area contributed by atoms with E-state index >= 15 is 0 Å². The largest absolute Gasteiger partial charge is 0.387 e. The minimum absolute atomic E-state index is 0.421. The van der Waals surface area contributed by atoms with Crippen LogP contribution in [0.5, 0.6) is 0 Å². The van der Waals surface area contributed by atoms with Crippen LogP contribution in [0.15, 0.2) is 42.7 Å². The molecule has 2 aromatic heterocycles. The van der Waals surface area contributed by atoms with Crippen molar-refractivity contribution in [3.8, 4) is 0 Å².